The topological polar surface area (TPSA) is 75.5 Å². The van der Waals surface area contributed by atoms with E-state index < -0.39 is 5.97 Å². The van der Waals surface area contributed by atoms with E-state index in [9.17, 15) is 4.79 Å². The number of carbonyl (C=O) groups is 1. The zero-order valence-electron chi connectivity index (χ0n) is 8.67. The molecule has 0 atom stereocenters. The molecule has 6 nitrogen and oxygen atoms in total. The maximum Gasteiger partial charge on any atom is 0.323 e. The van der Waals surface area contributed by atoms with Gasteiger partial charge in [-0.15, -0.1) is 0 Å². The molecule has 0 saturated carbocycles. The minimum absolute atomic E-state index is 0.143. The summed E-state index contributed by atoms with van der Waals surface area (Å²) in [5.74, 6) is -0.147. The zero-order chi connectivity index (χ0) is 11.3. The van der Waals surface area contributed by atoms with Crippen LogP contribution in [0.5, 0.6) is 5.88 Å². The molecule has 82 valence electrons. The van der Waals surface area contributed by atoms with Crippen molar-refractivity contribution in [1.29, 1.82) is 0 Å². The maximum absolute atomic E-state index is 10.5. The number of likely N-dealkylation sites (N-methyl/N-ethyl adjacent to an activating group) is 1. The number of hydrogen-bond donors (Lipinski definition) is 1. The van der Waals surface area contributed by atoms with E-state index in [2.05, 4.69) is 9.97 Å². The van der Waals surface area contributed by atoms with Gasteiger partial charge in [0.1, 0.15) is 6.54 Å². The van der Waals surface area contributed by atoms with Gasteiger partial charge < -0.3 is 14.7 Å². The van der Waals surface area contributed by atoms with Crippen molar-refractivity contribution in [2.45, 2.75) is 6.92 Å². The zero-order valence-corrected chi connectivity index (χ0v) is 8.67. The Balaban J connectivity index is 2.75. The molecule has 1 heterocycles. The number of anilines is 1. The Morgan fingerprint density at radius 3 is 3.00 bits per heavy atom. The first kappa shape index (κ1) is 11.2. The Labute approximate surface area is 87.5 Å². The highest BCUT2D eigenvalue weighted by Gasteiger charge is 2.08. The van der Waals surface area contributed by atoms with Gasteiger partial charge in [0, 0.05) is 19.3 Å². The predicted molar refractivity (Wildman–Crippen MR) is 54.1 cm³/mol. The summed E-state index contributed by atoms with van der Waals surface area (Å²) in [7, 11) is 1.61. The predicted octanol–water partition coefficient (Wildman–Crippen LogP) is 0.396. The Kier molecular flexibility index (Phi) is 3.84. The smallest absolute Gasteiger partial charge is 0.323 e. The van der Waals surface area contributed by atoms with E-state index in [-0.39, 0.29) is 6.54 Å². The molecular weight excluding hydrogens is 198 g/mol. The van der Waals surface area contributed by atoms with Crippen LogP contribution in [-0.2, 0) is 4.79 Å². The van der Waals surface area contributed by atoms with E-state index >= 15 is 0 Å². The minimum atomic E-state index is -0.928. The lowest BCUT2D eigenvalue weighted by atomic mass is 10.5. The molecule has 1 rings (SSSR count). The normalized spacial score (nSPS) is 9.73. The molecule has 1 aromatic heterocycles. The van der Waals surface area contributed by atoms with Crippen LogP contribution in [0.25, 0.3) is 0 Å². The monoisotopic (exact) mass is 211 g/mol. The fourth-order valence-corrected chi connectivity index (χ4v) is 1.02. The molecule has 0 saturated heterocycles. The summed E-state index contributed by atoms with van der Waals surface area (Å²) in [4.78, 5) is 19.9. The highest BCUT2D eigenvalue weighted by molar-refractivity contribution is 5.72. The second kappa shape index (κ2) is 5.14. The molecule has 1 N–H and O–H groups in total. The molecule has 0 spiro atoms. The van der Waals surface area contributed by atoms with Crippen molar-refractivity contribution in [3.05, 3.63) is 12.3 Å². The molecule has 0 aromatic carbocycles. The second-order valence-corrected chi connectivity index (χ2v) is 2.88. The highest BCUT2D eigenvalue weighted by Crippen LogP contribution is 2.10. The van der Waals surface area contributed by atoms with E-state index in [0.29, 0.717) is 18.4 Å². The first-order chi connectivity index (χ1) is 7.13. The standard InChI is InChI=1S/C9H13N3O3/c1-3-15-7-4-5-10-9(11-7)12(2)6-8(13)14/h4-5H,3,6H2,1-2H3,(H,13,14). The lowest BCUT2D eigenvalue weighted by molar-refractivity contribution is -0.135. The Morgan fingerprint density at radius 1 is 1.67 bits per heavy atom. The molecule has 0 fully saturated rings. The third-order valence-electron chi connectivity index (χ3n) is 1.62. The van der Waals surface area contributed by atoms with Crippen LogP contribution in [0.3, 0.4) is 0 Å². The van der Waals surface area contributed by atoms with Crippen LogP contribution < -0.4 is 9.64 Å². The molecule has 0 amide bonds. The third-order valence-corrected chi connectivity index (χ3v) is 1.62. The van der Waals surface area contributed by atoms with Crippen LogP contribution in [0, 0.1) is 0 Å². The summed E-state index contributed by atoms with van der Waals surface area (Å²) in [6.07, 6.45) is 1.53. The van der Waals surface area contributed by atoms with Crippen LogP contribution in [0.4, 0.5) is 5.95 Å². The van der Waals surface area contributed by atoms with Crippen molar-refractivity contribution in [2.24, 2.45) is 0 Å². The van der Waals surface area contributed by atoms with Gasteiger partial charge in [-0.2, -0.15) is 4.98 Å². The summed E-state index contributed by atoms with van der Waals surface area (Å²) in [6.45, 7) is 2.22. The fourth-order valence-electron chi connectivity index (χ4n) is 1.02. The van der Waals surface area contributed by atoms with Crippen molar-refractivity contribution in [3.63, 3.8) is 0 Å². The van der Waals surface area contributed by atoms with E-state index in [1.165, 1.54) is 11.1 Å². The maximum atomic E-state index is 10.5. The quantitative estimate of drug-likeness (QED) is 0.759. The van der Waals surface area contributed by atoms with Gasteiger partial charge in [0.2, 0.25) is 11.8 Å². The van der Waals surface area contributed by atoms with E-state index in [4.69, 9.17) is 9.84 Å². The van der Waals surface area contributed by atoms with Gasteiger partial charge in [0.15, 0.2) is 0 Å². The van der Waals surface area contributed by atoms with Crippen LogP contribution in [-0.4, -0.2) is 41.2 Å². The molecule has 15 heavy (non-hydrogen) atoms. The SMILES string of the molecule is CCOc1ccnc(N(C)CC(=O)O)n1. The summed E-state index contributed by atoms with van der Waals surface area (Å²) >= 11 is 0. The number of rotatable bonds is 5. The number of aliphatic carboxylic acids is 1. The Hall–Kier alpha value is -1.85. The van der Waals surface area contributed by atoms with Crippen molar-refractivity contribution >= 4 is 11.9 Å². The highest BCUT2D eigenvalue weighted by atomic mass is 16.5. The van der Waals surface area contributed by atoms with Gasteiger partial charge in [-0.05, 0) is 6.92 Å². The van der Waals surface area contributed by atoms with E-state index in [1.54, 1.807) is 13.1 Å². The molecule has 6 heteroatoms. The Bertz CT molecular complexity index is 343. The molecular formula is C9H13N3O3. The number of aromatic nitrogens is 2. The first-order valence-corrected chi connectivity index (χ1v) is 4.52. The Morgan fingerprint density at radius 2 is 2.40 bits per heavy atom. The van der Waals surface area contributed by atoms with Crippen molar-refractivity contribution < 1.29 is 14.6 Å². The van der Waals surface area contributed by atoms with Crippen LogP contribution in [0.15, 0.2) is 12.3 Å². The fraction of sp³-hybridized carbons (Fsp3) is 0.444. The third kappa shape index (κ3) is 3.41. The van der Waals surface area contributed by atoms with Crippen LogP contribution in [0.1, 0.15) is 6.92 Å². The lowest BCUT2D eigenvalue weighted by Crippen LogP contribution is -2.26. The molecule has 0 unspecified atom stereocenters. The molecule has 1 aromatic rings. The number of hydrogen-bond acceptors (Lipinski definition) is 5. The number of carboxylic acids is 1. The molecule has 0 radical (unpaired) electrons. The molecule has 0 bridgehead atoms. The van der Waals surface area contributed by atoms with Crippen LogP contribution >= 0.6 is 0 Å². The summed E-state index contributed by atoms with van der Waals surface area (Å²) in [5, 5.41) is 8.59. The van der Waals surface area contributed by atoms with Gasteiger partial charge in [0.25, 0.3) is 0 Å². The van der Waals surface area contributed by atoms with Crippen LogP contribution in [0.2, 0.25) is 0 Å². The number of nitrogens with zero attached hydrogens (tertiary/aromatic N) is 3. The minimum Gasteiger partial charge on any atom is -0.480 e. The first-order valence-electron chi connectivity index (χ1n) is 4.52. The number of carboxylic acid groups (broad SMARTS) is 1. The van der Waals surface area contributed by atoms with Crippen molar-refractivity contribution in [3.8, 4) is 5.88 Å². The van der Waals surface area contributed by atoms with Gasteiger partial charge in [-0.1, -0.05) is 0 Å². The van der Waals surface area contributed by atoms with E-state index in [0.717, 1.165) is 0 Å². The summed E-state index contributed by atoms with van der Waals surface area (Å²) in [6, 6.07) is 1.63. The molecule has 0 aliphatic rings. The molecule has 0 aliphatic heterocycles. The second-order valence-electron chi connectivity index (χ2n) is 2.88. The van der Waals surface area contributed by atoms with Gasteiger partial charge in [0.05, 0.1) is 6.61 Å². The average Bonchev–Trinajstić information content (AvgIpc) is 2.17. The molecule has 0 aliphatic carbocycles. The van der Waals surface area contributed by atoms with Gasteiger partial charge >= 0.3 is 5.97 Å². The summed E-state index contributed by atoms with van der Waals surface area (Å²) < 4.78 is 5.18. The largest absolute Gasteiger partial charge is 0.480 e. The lowest BCUT2D eigenvalue weighted by Gasteiger charge is -2.14. The van der Waals surface area contributed by atoms with Gasteiger partial charge in [-0.3, -0.25) is 4.79 Å². The van der Waals surface area contributed by atoms with Gasteiger partial charge in [-0.25, -0.2) is 4.98 Å². The number of ether oxygens (including phenoxy) is 1. The average molecular weight is 211 g/mol. The van der Waals surface area contributed by atoms with Crippen molar-refractivity contribution in [1.82, 2.24) is 9.97 Å². The van der Waals surface area contributed by atoms with E-state index in [1.807, 2.05) is 6.92 Å². The summed E-state index contributed by atoms with van der Waals surface area (Å²) in [5.41, 5.74) is 0. The van der Waals surface area contributed by atoms with Crippen molar-refractivity contribution in [2.75, 3.05) is 25.1 Å².